The van der Waals surface area contributed by atoms with Crippen LogP contribution in [0.3, 0.4) is 0 Å². The molecular weight excluding hydrogens is 366 g/mol. The first-order valence-corrected chi connectivity index (χ1v) is 9.05. The van der Waals surface area contributed by atoms with Gasteiger partial charge in [-0.2, -0.15) is 5.10 Å². The summed E-state index contributed by atoms with van der Waals surface area (Å²) in [5.41, 5.74) is 2.93. The van der Waals surface area contributed by atoms with Gasteiger partial charge in [0, 0.05) is 22.9 Å². The van der Waals surface area contributed by atoms with Crippen LogP contribution in [0.25, 0.3) is 0 Å². The SMILES string of the molecule is O=C1C[C@H](c2ccccc2Cl)c2cnn(Cc3ccc4c(c3)OCO4)c2N1. The van der Waals surface area contributed by atoms with Gasteiger partial charge in [-0.15, -0.1) is 0 Å². The lowest BCUT2D eigenvalue weighted by molar-refractivity contribution is -0.116. The maximum atomic E-state index is 12.3. The third-order valence-electron chi connectivity index (χ3n) is 4.94. The molecule has 1 N–H and O–H groups in total. The predicted molar refractivity (Wildman–Crippen MR) is 100 cm³/mol. The Bertz CT molecular complexity index is 1050. The molecule has 27 heavy (non-hydrogen) atoms. The minimum Gasteiger partial charge on any atom is -0.454 e. The van der Waals surface area contributed by atoms with Crippen molar-refractivity contribution in [2.24, 2.45) is 0 Å². The van der Waals surface area contributed by atoms with Crippen molar-refractivity contribution in [3.05, 3.63) is 70.4 Å². The van der Waals surface area contributed by atoms with Crippen molar-refractivity contribution in [1.29, 1.82) is 0 Å². The average Bonchev–Trinajstić information content (AvgIpc) is 3.28. The second kappa shape index (κ2) is 6.32. The minimum absolute atomic E-state index is 0.0418. The Morgan fingerprint density at radius 1 is 1.15 bits per heavy atom. The van der Waals surface area contributed by atoms with E-state index in [1.54, 1.807) is 4.68 Å². The van der Waals surface area contributed by atoms with Crippen LogP contribution in [0.2, 0.25) is 5.02 Å². The molecule has 3 heterocycles. The lowest BCUT2D eigenvalue weighted by Gasteiger charge is -2.24. The molecule has 1 amide bonds. The molecule has 0 bridgehead atoms. The van der Waals surface area contributed by atoms with Gasteiger partial charge in [0.1, 0.15) is 5.82 Å². The molecule has 2 aliphatic heterocycles. The Labute approximate surface area is 160 Å². The minimum atomic E-state index is -0.104. The smallest absolute Gasteiger partial charge is 0.231 e. The molecule has 0 unspecified atom stereocenters. The van der Waals surface area contributed by atoms with E-state index in [9.17, 15) is 4.79 Å². The number of carbonyl (C=O) groups excluding carboxylic acids is 1. The normalized spacial score (nSPS) is 17.5. The Morgan fingerprint density at radius 2 is 2.00 bits per heavy atom. The van der Waals surface area contributed by atoms with E-state index in [0.717, 1.165) is 28.2 Å². The molecule has 5 rings (SSSR count). The van der Waals surface area contributed by atoms with Crippen LogP contribution in [-0.4, -0.2) is 22.5 Å². The van der Waals surface area contributed by atoms with Crippen molar-refractivity contribution >= 4 is 23.3 Å². The molecule has 0 saturated heterocycles. The number of fused-ring (bicyclic) bond motifs is 2. The van der Waals surface area contributed by atoms with Gasteiger partial charge < -0.3 is 14.8 Å². The van der Waals surface area contributed by atoms with Gasteiger partial charge in [0.15, 0.2) is 11.5 Å². The van der Waals surface area contributed by atoms with E-state index in [0.29, 0.717) is 23.8 Å². The number of hydrogen-bond acceptors (Lipinski definition) is 4. The maximum Gasteiger partial charge on any atom is 0.231 e. The van der Waals surface area contributed by atoms with Crippen molar-refractivity contribution in [1.82, 2.24) is 9.78 Å². The maximum absolute atomic E-state index is 12.3. The van der Waals surface area contributed by atoms with Crippen molar-refractivity contribution in [2.45, 2.75) is 18.9 Å². The molecular formula is C20H16ClN3O3. The van der Waals surface area contributed by atoms with E-state index in [-0.39, 0.29) is 18.6 Å². The monoisotopic (exact) mass is 381 g/mol. The second-order valence-corrected chi connectivity index (χ2v) is 7.03. The van der Waals surface area contributed by atoms with Crippen LogP contribution >= 0.6 is 11.6 Å². The number of nitrogens with zero attached hydrogens (tertiary/aromatic N) is 2. The van der Waals surface area contributed by atoms with Gasteiger partial charge in [-0.25, -0.2) is 4.68 Å². The van der Waals surface area contributed by atoms with Crippen molar-refractivity contribution in [2.75, 3.05) is 12.1 Å². The summed E-state index contributed by atoms with van der Waals surface area (Å²) < 4.78 is 12.6. The zero-order chi connectivity index (χ0) is 18.4. The van der Waals surface area contributed by atoms with Crippen LogP contribution < -0.4 is 14.8 Å². The van der Waals surface area contributed by atoms with Gasteiger partial charge in [-0.05, 0) is 29.3 Å². The number of hydrogen-bond donors (Lipinski definition) is 1. The topological polar surface area (TPSA) is 65.4 Å². The molecule has 2 aliphatic rings. The van der Waals surface area contributed by atoms with E-state index in [2.05, 4.69) is 10.4 Å². The number of ether oxygens (including phenoxy) is 2. The summed E-state index contributed by atoms with van der Waals surface area (Å²) in [4.78, 5) is 12.3. The molecule has 6 nitrogen and oxygen atoms in total. The number of amides is 1. The zero-order valence-electron chi connectivity index (χ0n) is 14.3. The number of carbonyl (C=O) groups is 1. The summed E-state index contributed by atoms with van der Waals surface area (Å²) in [5.74, 6) is 2.04. The van der Waals surface area contributed by atoms with Crippen LogP contribution in [0.4, 0.5) is 5.82 Å². The summed E-state index contributed by atoms with van der Waals surface area (Å²) in [6, 6.07) is 13.4. The molecule has 1 aromatic heterocycles. The zero-order valence-corrected chi connectivity index (χ0v) is 15.1. The van der Waals surface area contributed by atoms with Gasteiger partial charge in [0.05, 0.1) is 12.7 Å². The molecule has 2 aromatic carbocycles. The summed E-state index contributed by atoms with van der Waals surface area (Å²) >= 11 is 6.38. The lowest BCUT2D eigenvalue weighted by atomic mass is 9.87. The molecule has 3 aromatic rings. The van der Waals surface area contributed by atoms with Crippen molar-refractivity contribution in [3.63, 3.8) is 0 Å². The fraction of sp³-hybridized carbons (Fsp3) is 0.200. The van der Waals surface area contributed by atoms with Crippen molar-refractivity contribution in [3.8, 4) is 11.5 Å². The first-order chi connectivity index (χ1) is 13.2. The third kappa shape index (κ3) is 2.82. The van der Waals surface area contributed by atoms with Crippen LogP contribution in [0.15, 0.2) is 48.7 Å². The number of benzene rings is 2. The number of anilines is 1. The van der Waals surface area contributed by atoms with Crippen LogP contribution in [0.5, 0.6) is 11.5 Å². The Morgan fingerprint density at radius 3 is 2.89 bits per heavy atom. The highest BCUT2D eigenvalue weighted by atomic mass is 35.5. The molecule has 0 fully saturated rings. The van der Waals surface area contributed by atoms with E-state index >= 15 is 0 Å². The van der Waals surface area contributed by atoms with Gasteiger partial charge >= 0.3 is 0 Å². The molecule has 7 heteroatoms. The Balaban J connectivity index is 1.50. The number of halogens is 1. The molecule has 0 aliphatic carbocycles. The molecule has 0 saturated carbocycles. The molecule has 1 atom stereocenters. The fourth-order valence-electron chi connectivity index (χ4n) is 3.64. The highest BCUT2D eigenvalue weighted by Crippen LogP contribution is 2.40. The quantitative estimate of drug-likeness (QED) is 0.749. The Hall–Kier alpha value is -2.99. The first kappa shape index (κ1) is 16.2. The van der Waals surface area contributed by atoms with Gasteiger partial charge in [0.2, 0.25) is 12.7 Å². The largest absolute Gasteiger partial charge is 0.454 e. The van der Waals surface area contributed by atoms with Crippen LogP contribution in [-0.2, 0) is 11.3 Å². The van der Waals surface area contributed by atoms with Crippen LogP contribution in [0, 0.1) is 0 Å². The summed E-state index contributed by atoms with van der Waals surface area (Å²) in [6.07, 6.45) is 2.17. The highest BCUT2D eigenvalue weighted by molar-refractivity contribution is 6.31. The summed E-state index contributed by atoms with van der Waals surface area (Å²) in [6.45, 7) is 0.757. The van der Waals surface area contributed by atoms with Crippen molar-refractivity contribution < 1.29 is 14.3 Å². The number of aromatic nitrogens is 2. The fourth-order valence-corrected chi connectivity index (χ4v) is 3.90. The third-order valence-corrected chi connectivity index (χ3v) is 5.28. The first-order valence-electron chi connectivity index (χ1n) is 8.67. The summed E-state index contributed by atoms with van der Waals surface area (Å²) in [7, 11) is 0. The van der Waals surface area contributed by atoms with E-state index in [1.807, 2.05) is 48.7 Å². The Kier molecular flexibility index (Phi) is 3.79. The lowest BCUT2D eigenvalue weighted by Crippen LogP contribution is -2.25. The number of nitrogens with one attached hydrogen (secondary N) is 1. The average molecular weight is 382 g/mol. The molecule has 0 spiro atoms. The van der Waals surface area contributed by atoms with E-state index in [1.165, 1.54) is 0 Å². The van der Waals surface area contributed by atoms with Gasteiger partial charge in [0.25, 0.3) is 0 Å². The standard InChI is InChI=1S/C20H16ClN3O3/c21-16-4-2-1-3-13(16)14-8-19(25)23-20-15(14)9-22-24(20)10-12-5-6-17-18(7-12)27-11-26-17/h1-7,9,14H,8,10-11H2,(H,23,25)/t14-/m1/s1. The van der Waals surface area contributed by atoms with E-state index < -0.39 is 0 Å². The van der Waals surface area contributed by atoms with Gasteiger partial charge in [-0.3, -0.25) is 4.79 Å². The molecule has 0 radical (unpaired) electrons. The van der Waals surface area contributed by atoms with Gasteiger partial charge in [-0.1, -0.05) is 35.9 Å². The highest BCUT2D eigenvalue weighted by Gasteiger charge is 2.31. The van der Waals surface area contributed by atoms with E-state index in [4.69, 9.17) is 21.1 Å². The van der Waals surface area contributed by atoms with Crippen LogP contribution in [0.1, 0.15) is 29.0 Å². The predicted octanol–water partition coefficient (Wildman–Crippen LogP) is 3.79. The number of rotatable bonds is 3. The summed E-state index contributed by atoms with van der Waals surface area (Å²) in [5, 5.41) is 8.14. The second-order valence-electron chi connectivity index (χ2n) is 6.62. The molecule has 136 valence electrons.